The van der Waals surface area contributed by atoms with Crippen LogP contribution < -0.4 is 5.32 Å². The minimum Gasteiger partial charge on any atom is -0.325 e. The van der Waals surface area contributed by atoms with Gasteiger partial charge in [0.15, 0.2) is 0 Å². The van der Waals surface area contributed by atoms with E-state index in [4.69, 9.17) is 0 Å². The van der Waals surface area contributed by atoms with Gasteiger partial charge in [-0.15, -0.1) is 10.2 Å². The summed E-state index contributed by atoms with van der Waals surface area (Å²) >= 11 is 1.37. The molecular formula is C25H21N3OS. The zero-order valence-electron chi connectivity index (χ0n) is 16.6. The fourth-order valence-corrected chi connectivity index (χ4v) is 3.67. The molecule has 4 nitrogen and oxygen atoms in total. The molecule has 1 aromatic heterocycles. The lowest BCUT2D eigenvalue weighted by molar-refractivity contribution is -0.113. The molecule has 0 unspecified atom stereocenters. The summed E-state index contributed by atoms with van der Waals surface area (Å²) in [5, 5.41) is 12.2. The Morgan fingerprint density at radius 1 is 0.767 bits per heavy atom. The van der Waals surface area contributed by atoms with Gasteiger partial charge >= 0.3 is 0 Å². The van der Waals surface area contributed by atoms with E-state index in [0.29, 0.717) is 0 Å². The monoisotopic (exact) mass is 411 g/mol. The fourth-order valence-electron chi connectivity index (χ4n) is 3.05. The topological polar surface area (TPSA) is 54.9 Å². The van der Waals surface area contributed by atoms with E-state index in [0.717, 1.165) is 27.5 Å². The summed E-state index contributed by atoms with van der Waals surface area (Å²) in [6.45, 7) is 1.97. The van der Waals surface area contributed by atoms with Crippen molar-refractivity contribution in [2.24, 2.45) is 0 Å². The molecule has 0 saturated heterocycles. The van der Waals surface area contributed by atoms with Gasteiger partial charge in [-0.05, 0) is 41.8 Å². The van der Waals surface area contributed by atoms with Crippen molar-refractivity contribution in [3.05, 3.63) is 96.6 Å². The summed E-state index contributed by atoms with van der Waals surface area (Å²) in [5.74, 6) is 0.227. The van der Waals surface area contributed by atoms with Gasteiger partial charge in [0.25, 0.3) is 0 Å². The van der Waals surface area contributed by atoms with Crippen LogP contribution in [0.4, 0.5) is 5.69 Å². The highest BCUT2D eigenvalue weighted by atomic mass is 32.2. The number of carbonyl (C=O) groups is 1. The van der Waals surface area contributed by atoms with Crippen LogP contribution >= 0.6 is 11.8 Å². The lowest BCUT2D eigenvalue weighted by Gasteiger charge is -2.08. The Kier molecular flexibility index (Phi) is 6.20. The number of nitrogens with one attached hydrogen (secondary N) is 1. The van der Waals surface area contributed by atoms with Gasteiger partial charge in [0.1, 0.15) is 5.03 Å². The Balaban J connectivity index is 1.36. The number of rotatable bonds is 6. The number of hydrogen-bond donors (Lipinski definition) is 1. The van der Waals surface area contributed by atoms with Crippen molar-refractivity contribution >= 4 is 23.4 Å². The highest BCUT2D eigenvalue weighted by Crippen LogP contribution is 2.24. The van der Waals surface area contributed by atoms with Crippen molar-refractivity contribution in [1.82, 2.24) is 10.2 Å². The van der Waals surface area contributed by atoms with Crippen LogP contribution in [0, 0.1) is 6.92 Å². The molecule has 0 aliphatic carbocycles. The molecule has 30 heavy (non-hydrogen) atoms. The number of nitrogens with zero attached hydrogens (tertiary/aromatic N) is 2. The Morgan fingerprint density at radius 3 is 2.13 bits per heavy atom. The molecule has 0 fully saturated rings. The lowest BCUT2D eigenvalue weighted by Crippen LogP contribution is -2.14. The molecule has 0 atom stereocenters. The first-order chi connectivity index (χ1) is 14.7. The molecular weight excluding hydrogens is 390 g/mol. The number of hydrogen-bond acceptors (Lipinski definition) is 4. The molecule has 0 radical (unpaired) electrons. The number of thioether (sulfide) groups is 1. The van der Waals surface area contributed by atoms with Crippen LogP contribution in [0.5, 0.6) is 0 Å². The van der Waals surface area contributed by atoms with Crippen LogP contribution in [0.3, 0.4) is 0 Å². The third-order valence-corrected chi connectivity index (χ3v) is 5.62. The van der Waals surface area contributed by atoms with Crippen LogP contribution in [0.2, 0.25) is 0 Å². The fraction of sp³-hybridized carbons (Fsp3) is 0.0800. The van der Waals surface area contributed by atoms with E-state index in [2.05, 4.69) is 51.9 Å². The third-order valence-electron chi connectivity index (χ3n) is 4.70. The minimum atomic E-state index is -0.0586. The molecule has 1 heterocycles. The first-order valence-electron chi connectivity index (χ1n) is 9.67. The average molecular weight is 412 g/mol. The van der Waals surface area contributed by atoms with Gasteiger partial charge in [-0.25, -0.2) is 0 Å². The van der Waals surface area contributed by atoms with Crippen molar-refractivity contribution in [2.45, 2.75) is 11.9 Å². The summed E-state index contributed by atoms with van der Waals surface area (Å²) < 4.78 is 0. The first-order valence-corrected chi connectivity index (χ1v) is 10.7. The van der Waals surface area contributed by atoms with Crippen LogP contribution in [-0.4, -0.2) is 21.9 Å². The lowest BCUT2D eigenvalue weighted by atomic mass is 10.0. The van der Waals surface area contributed by atoms with E-state index in [1.54, 1.807) is 0 Å². The number of amides is 1. The molecule has 4 aromatic rings. The Labute approximate surface area is 180 Å². The Hall–Kier alpha value is -3.44. The number of benzene rings is 3. The number of anilines is 1. The molecule has 3 aromatic carbocycles. The van der Waals surface area contributed by atoms with Gasteiger partial charge in [-0.3, -0.25) is 4.79 Å². The smallest absolute Gasteiger partial charge is 0.234 e. The second kappa shape index (κ2) is 9.37. The maximum Gasteiger partial charge on any atom is 0.234 e. The van der Waals surface area contributed by atoms with E-state index in [-0.39, 0.29) is 11.7 Å². The van der Waals surface area contributed by atoms with E-state index in [1.807, 2.05) is 61.5 Å². The van der Waals surface area contributed by atoms with Crippen molar-refractivity contribution in [2.75, 3.05) is 11.1 Å². The van der Waals surface area contributed by atoms with E-state index < -0.39 is 0 Å². The maximum atomic E-state index is 12.2. The molecule has 5 heteroatoms. The number of para-hydroxylation sites is 1. The van der Waals surface area contributed by atoms with Crippen molar-refractivity contribution < 1.29 is 4.79 Å². The maximum absolute atomic E-state index is 12.2. The largest absolute Gasteiger partial charge is 0.325 e. The van der Waals surface area contributed by atoms with Gasteiger partial charge in [0.05, 0.1) is 11.4 Å². The quantitative estimate of drug-likeness (QED) is 0.404. The SMILES string of the molecule is Cc1ccccc1NC(=O)CSc1ccc(-c2ccc(-c3ccccc3)cc2)nn1. The zero-order valence-corrected chi connectivity index (χ0v) is 17.4. The van der Waals surface area contributed by atoms with E-state index in [9.17, 15) is 4.79 Å². The Morgan fingerprint density at radius 2 is 1.43 bits per heavy atom. The molecule has 1 amide bonds. The molecule has 0 saturated carbocycles. The van der Waals surface area contributed by atoms with Crippen LogP contribution in [0.25, 0.3) is 22.4 Å². The molecule has 0 bridgehead atoms. The summed E-state index contributed by atoms with van der Waals surface area (Å²) in [6.07, 6.45) is 0. The average Bonchev–Trinajstić information content (AvgIpc) is 2.80. The number of aromatic nitrogens is 2. The minimum absolute atomic E-state index is 0.0586. The van der Waals surface area contributed by atoms with Crippen LogP contribution in [0.15, 0.2) is 96.0 Å². The van der Waals surface area contributed by atoms with Crippen molar-refractivity contribution in [3.63, 3.8) is 0 Å². The molecule has 0 spiro atoms. The summed E-state index contributed by atoms with van der Waals surface area (Å²) in [6, 6.07) is 30.1. The highest BCUT2D eigenvalue weighted by molar-refractivity contribution is 7.99. The number of carbonyl (C=O) groups excluding carboxylic acids is 1. The summed E-state index contributed by atoms with van der Waals surface area (Å²) in [7, 11) is 0. The van der Waals surface area contributed by atoms with Crippen molar-refractivity contribution in [3.8, 4) is 22.4 Å². The van der Waals surface area contributed by atoms with E-state index >= 15 is 0 Å². The first kappa shape index (κ1) is 19.9. The van der Waals surface area contributed by atoms with Gasteiger partial charge in [-0.2, -0.15) is 0 Å². The third kappa shape index (κ3) is 4.93. The van der Waals surface area contributed by atoms with E-state index in [1.165, 1.54) is 22.9 Å². The molecule has 0 aliphatic heterocycles. The second-order valence-corrected chi connectivity index (χ2v) is 7.85. The summed E-state index contributed by atoms with van der Waals surface area (Å²) in [4.78, 5) is 12.2. The van der Waals surface area contributed by atoms with Gasteiger partial charge in [0, 0.05) is 11.3 Å². The second-order valence-electron chi connectivity index (χ2n) is 6.85. The van der Waals surface area contributed by atoms with Crippen molar-refractivity contribution in [1.29, 1.82) is 0 Å². The van der Waals surface area contributed by atoms with Crippen LogP contribution in [0.1, 0.15) is 5.56 Å². The molecule has 0 aliphatic rings. The van der Waals surface area contributed by atoms with Gasteiger partial charge in [0.2, 0.25) is 5.91 Å². The Bertz CT molecular complexity index is 1130. The number of aryl methyl sites for hydroxylation is 1. The predicted molar refractivity (Wildman–Crippen MR) is 123 cm³/mol. The standard InChI is InChI=1S/C25H21N3OS/c1-18-7-5-6-10-22(18)26-24(29)17-30-25-16-15-23(27-28-25)21-13-11-20(12-14-21)19-8-3-2-4-9-19/h2-16H,17H2,1H3,(H,26,29). The predicted octanol–water partition coefficient (Wildman–Crippen LogP) is 5.85. The molecule has 4 rings (SSSR count). The molecule has 1 N–H and O–H groups in total. The zero-order chi connectivity index (χ0) is 20.8. The van der Waals surface area contributed by atoms with Gasteiger partial charge < -0.3 is 5.32 Å². The van der Waals surface area contributed by atoms with Crippen LogP contribution in [-0.2, 0) is 4.79 Å². The molecule has 148 valence electrons. The van der Waals surface area contributed by atoms with Gasteiger partial charge in [-0.1, -0.05) is 84.6 Å². The normalized spacial score (nSPS) is 10.6. The highest BCUT2D eigenvalue weighted by Gasteiger charge is 2.07. The summed E-state index contributed by atoms with van der Waals surface area (Å²) in [5.41, 5.74) is 6.05.